The molecule has 2 heterocycles. The molecule has 0 spiro atoms. The van der Waals surface area contributed by atoms with Gasteiger partial charge in [-0.3, -0.25) is 14.8 Å². The van der Waals surface area contributed by atoms with Gasteiger partial charge in [0.05, 0.1) is 11.3 Å². The van der Waals surface area contributed by atoms with Gasteiger partial charge in [0.15, 0.2) is 0 Å². The molecule has 2 aromatic heterocycles. The average Bonchev–Trinajstić information content (AvgIpc) is 2.63. The number of pyridine rings is 2. The molecule has 1 N–H and O–H groups in total. The van der Waals surface area contributed by atoms with Crippen LogP contribution in [-0.2, 0) is 0 Å². The van der Waals surface area contributed by atoms with E-state index in [2.05, 4.69) is 15.3 Å². The maximum atomic E-state index is 12.5. The van der Waals surface area contributed by atoms with Crippen molar-refractivity contribution in [1.82, 2.24) is 15.3 Å². The van der Waals surface area contributed by atoms with E-state index in [9.17, 15) is 4.79 Å². The molecule has 0 saturated heterocycles. The van der Waals surface area contributed by atoms with Crippen LogP contribution < -0.4 is 5.32 Å². The predicted octanol–water partition coefficient (Wildman–Crippen LogP) is 3.56. The van der Waals surface area contributed by atoms with Crippen LogP contribution >= 0.6 is 0 Å². The first-order chi connectivity index (χ1) is 11.3. The van der Waals surface area contributed by atoms with E-state index in [1.165, 1.54) is 0 Å². The Morgan fingerprint density at radius 1 is 1.00 bits per heavy atom. The molecule has 0 radical (unpaired) electrons. The van der Waals surface area contributed by atoms with Gasteiger partial charge in [0.25, 0.3) is 5.91 Å². The number of benzene rings is 1. The zero-order valence-corrected chi connectivity index (χ0v) is 12.9. The lowest BCUT2D eigenvalue weighted by molar-refractivity contribution is 0.0956. The fraction of sp³-hybridized carbons (Fsp3) is 0.105. The second kappa shape index (κ2) is 6.83. The van der Waals surface area contributed by atoms with Crippen LogP contribution in [0.25, 0.3) is 22.4 Å². The SMILES string of the molecule is CCNC(=O)c1cc(-c2ccccc2)cnc1-c1cccnc1. The number of rotatable bonds is 4. The number of hydrogen-bond donors (Lipinski definition) is 1. The van der Waals surface area contributed by atoms with Crippen molar-refractivity contribution >= 4 is 5.91 Å². The van der Waals surface area contributed by atoms with Gasteiger partial charge in [0, 0.05) is 36.3 Å². The molecule has 0 aliphatic heterocycles. The molecule has 3 rings (SSSR count). The molecular weight excluding hydrogens is 286 g/mol. The summed E-state index contributed by atoms with van der Waals surface area (Å²) in [5, 5.41) is 2.85. The quantitative estimate of drug-likeness (QED) is 0.801. The third-order valence-corrected chi connectivity index (χ3v) is 3.51. The Morgan fingerprint density at radius 2 is 1.78 bits per heavy atom. The minimum Gasteiger partial charge on any atom is -0.352 e. The summed E-state index contributed by atoms with van der Waals surface area (Å²) in [7, 11) is 0. The molecule has 1 aromatic carbocycles. The summed E-state index contributed by atoms with van der Waals surface area (Å²) >= 11 is 0. The van der Waals surface area contributed by atoms with E-state index in [1.807, 2.05) is 55.5 Å². The number of nitrogens with zero attached hydrogens (tertiary/aromatic N) is 2. The van der Waals surface area contributed by atoms with Gasteiger partial charge >= 0.3 is 0 Å². The van der Waals surface area contributed by atoms with Crippen molar-refractivity contribution in [3.63, 3.8) is 0 Å². The van der Waals surface area contributed by atoms with Crippen molar-refractivity contribution in [2.24, 2.45) is 0 Å². The monoisotopic (exact) mass is 303 g/mol. The highest BCUT2D eigenvalue weighted by molar-refractivity contribution is 6.00. The molecule has 0 bridgehead atoms. The van der Waals surface area contributed by atoms with Gasteiger partial charge in [-0.15, -0.1) is 0 Å². The molecule has 0 saturated carbocycles. The molecule has 0 aliphatic carbocycles. The van der Waals surface area contributed by atoms with Crippen LogP contribution in [0.4, 0.5) is 0 Å². The van der Waals surface area contributed by atoms with Crippen LogP contribution in [0.3, 0.4) is 0 Å². The molecule has 4 heteroatoms. The van der Waals surface area contributed by atoms with Crippen LogP contribution in [0, 0.1) is 0 Å². The Kier molecular flexibility index (Phi) is 4.43. The van der Waals surface area contributed by atoms with E-state index in [4.69, 9.17) is 0 Å². The van der Waals surface area contributed by atoms with Crippen LogP contribution in [-0.4, -0.2) is 22.4 Å². The fourth-order valence-electron chi connectivity index (χ4n) is 2.41. The predicted molar refractivity (Wildman–Crippen MR) is 90.9 cm³/mol. The van der Waals surface area contributed by atoms with E-state index in [0.717, 1.165) is 16.7 Å². The Bertz CT molecular complexity index is 801. The Labute approximate surface area is 135 Å². The molecule has 0 unspecified atom stereocenters. The molecule has 0 atom stereocenters. The Hall–Kier alpha value is -3.01. The highest BCUT2D eigenvalue weighted by Gasteiger charge is 2.15. The zero-order chi connectivity index (χ0) is 16.1. The van der Waals surface area contributed by atoms with Gasteiger partial charge in [-0.2, -0.15) is 0 Å². The number of amides is 1. The minimum absolute atomic E-state index is 0.128. The Morgan fingerprint density at radius 3 is 2.48 bits per heavy atom. The zero-order valence-electron chi connectivity index (χ0n) is 12.9. The number of nitrogens with one attached hydrogen (secondary N) is 1. The third kappa shape index (κ3) is 3.26. The third-order valence-electron chi connectivity index (χ3n) is 3.51. The summed E-state index contributed by atoms with van der Waals surface area (Å²) in [6.45, 7) is 2.47. The highest BCUT2D eigenvalue weighted by Crippen LogP contribution is 2.26. The summed E-state index contributed by atoms with van der Waals surface area (Å²) in [5.74, 6) is -0.128. The minimum atomic E-state index is -0.128. The summed E-state index contributed by atoms with van der Waals surface area (Å²) in [5.41, 5.74) is 3.97. The van der Waals surface area contributed by atoms with Crippen molar-refractivity contribution in [2.75, 3.05) is 6.54 Å². The highest BCUT2D eigenvalue weighted by atomic mass is 16.1. The maximum Gasteiger partial charge on any atom is 0.253 e. The number of carbonyl (C=O) groups is 1. The molecule has 4 nitrogen and oxygen atoms in total. The van der Waals surface area contributed by atoms with Gasteiger partial charge in [-0.25, -0.2) is 0 Å². The van der Waals surface area contributed by atoms with Crippen LogP contribution in [0.5, 0.6) is 0 Å². The molecule has 23 heavy (non-hydrogen) atoms. The van der Waals surface area contributed by atoms with Gasteiger partial charge < -0.3 is 5.32 Å². The summed E-state index contributed by atoms with van der Waals surface area (Å²) < 4.78 is 0. The maximum absolute atomic E-state index is 12.5. The number of aromatic nitrogens is 2. The van der Waals surface area contributed by atoms with Gasteiger partial charge in [0.1, 0.15) is 0 Å². The van der Waals surface area contributed by atoms with Crippen LogP contribution in [0.1, 0.15) is 17.3 Å². The lowest BCUT2D eigenvalue weighted by Gasteiger charge is -2.11. The van der Waals surface area contributed by atoms with Crippen LogP contribution in [0.2, 0.25) is 0 Å². The van der Waals surface area contributed by atoms with Gasteiger partial charge in [0.2, 0.25) is 0 Å². The van der Waals surface area contributed by atoms with E-state index >= 15 is 0 Å². The van der Waals surface area contributed by atoms with Crippen molar-refractivity contribution in [2.45, 2.75) is 6.92 Å². The van der Waals surface area contributed by atoms with Crippen molar-refractivity contribution < 1.29 is 4.79 Å². The average molecular weight is 303 g/mol. The van der Waals surface area contributed by atoms with Crippen LogP contribution in [0.15, 0.2) is 67.1 Å². The number of carbonyl (C=O) groups excluding carboxylic acids is 1. The van der Waals surface area contributed by atoms with Gasteiger partial charge in [-0.1, -0.05) is 30.3 Å². The first-order valence-electron chi connectivity index (χ1n) is 7.53. The van der Waals surface area contributed by atoms with E-state index in [1.54, 1.807) is 18.6 Å². The number of hydrogen-bond acceptors (Lipinski definition) is 3. The lowest BCUT2D eigenvalue weighted by Crippen LogP contribution is -2.23. The van der Waals surface area contributed by atoms with Crippen molar-refractivity contribution in [1.29, 1.82) is 0 Å². The summed E-state index contributed by atoms with van der Waals surface area (Å²) in [6, 6.07) is 15.5. The second-order valence-corrected chi connectivity index (χ2v) is 5.09. The van der Waals surface area contributed by atoms with E-state index in [0.29, 0.717) is 17.8 Å². The first-order valence-corrected chi connectivity index (χ1v) is 7.53. The molecule has 114 valence electrons. The smallest absolute Gasteiger partial charge is 0.253 e. The van der Waals surface area contributed by atoms with Crippen molar-refractivity contribution in [3.05, 3.63) is 72.7 Å². The van der Waals surface area contributed by atoms with Gasteiger partial charge in [-0.05, 0) is 30.7 Å². The van der Waals surface area contributed by atoms with E-state index in [-0.39, 0.29) is 5.91 Å². The molecular formula is C19H17N3O. The van der Waals surface area contributed by atoms with Crippen molar-refractivity contribution in [3.8, 4) is 22.4 Å². The topological polar surface area (TPSA) is 54.9 Å². The molecule has 1 amide bonds. The first kappa shape index (κ1) is 14.9. The molecule has 3 aromatic rings. The molecule has 0 fully saturated rings. The lowest BCUT2D eigenvalue weighted by atomic mass is 10.0. The molecule has 0 aliphatic rings. The fourth-order valence-corrected chi connectivity index (χ4v) is 2.41. The van der Waals surface area contributed by atoms with E-state index < -0.39 is 0 Å². The second-order valence-electron chi connectivity index (χ2n) is 5.09. The summed E-state index contributed by atoms with van der Waals surface area (Å²) in [4.78, 5) is 21.1. The Balaban J connectivity index is 2.12. The summed E-state index contributed by atoms with van der Waals surface area (Å²) in [6.07, 6.45) is 5.21. The normalized spacial score (nSPS) is 10.3. The standard InChI is InChI=1S/C19H17N3O/c1-2-21-19(23)17-11-16(14-7-4-3-5-8-14)13-22-18(17)15-9-6-10-20-12-15/h3-13H,2H2,1H3,(H,21,23). The largest absolute Gasteiger partial charge is 0.352 e.